The molecule has 22 heavy (non-hydrogen) atoms. The Kier molecular flexibility index (Phi) is 4.15. The summed E-state index contributed by atoms with van der Waals surface area (Å²) in [5.74, 6) is 0.578. The number of likely N-dealkylation sites (N-methyl/N-ethyl adjacent to an activating group) is 1. The number of nitrogens with zero attached hydrogens (tertiary/aromatic N) is 2. The summed E-state index contributed by atoms with van der Waals surface area (Å²) in [5, 5.41) is 3.10. The SMILES string of the molecule is CNC(=O)[C@@H]1CN(Cc2ccnc(Cl)c2)c2ccccc2O1. The first-order chi connectivity index (χ1) is 10.7. The van der Waals surface area contributed by atoms with E-state index in [9.17, 15) is 4.79 Å². The molecule has 0 saturated heterocycles. The van der Waals surface area contributed by atoms with Gasteiger partial charge in [-0.3, -0.25) is 4.79 Å². The summed E-state index contributed by atoms with van der Waals surface area (Å²) < 4.78 is 5.78. The number of nitrogens with one attached hydrogen (secondary N) is 1. The molecule has 1 aliphatic heterocycles. The number of hydrogen-bond acceptors (Lipinski definition) is 4. The molecule has 2 heterocycles. The molecule has 114 valence electrons. The van der Waals surface area contributed by atoms with Crippen molar-refractivity contribution in [2.75, 3.05) is 18.5 Å². The largest absolute Gasteiger partial charge is 0.477 e. The molecule has 3 rings (SSSR count). The summed E-state index contributed by atoms with van der Waals surface area (Å²) in [7, 11) is 1.61. The average Bonchev–Trinajstić information content (AvgIpc) is 2.54. The quantitative estimate of drug-likeness (QED) is 0.882. The molecule has 0 spiro atoms. The molecule has 0 fully saturated rings. The third-order valence-corrected chi connectivity index (χ3v) is 3.77. The van der Waals surface area contributed by atoms with E-state index in [1.54, 1.807) is 13.2 Å². The summed E-state index contributed by atoms with van der Waals surface area (Å²) in [6.07, 6.45) is 1.15. The summed E-state index contributed by atoms with van der Waals surface area (Å²) in [6.45, 7) is 1.12. The zero-order valence-electron chi connectivity index (χ0n) is 12.1. The Balaban J connectivity index is 1.89. The van der Waals surface area contributed by atoms with Crippen LogP contribution in [0.3, 0.4) is 0 Å². The number of benzene rings is 1. The molecule has 0 aliphatic carbocycles. The lowest BCUT2D eigenvalue weighted by Gasteiger charge is -2.35. The minimum Gasteiger partial charge on any atom is -0.477 e. The number of amides is 1. The zero-order valence-corrected chi connectivity index (χ0v) is 12.9. The van der Waals surface area contributed by atoms with Crippen molar-refractivity contribution in [1.82, 2.24) is 10.3 Å². The lowest BCUT2D eigenvalue weighted by atomic mass is 10.1. The molecule has 6 heteroatoms. The molecule has 0 radical (unpaired) electrons. The van der Waals surface area contributed by atoms with Gasteiger partial charge in [0.15, 0.2) is 6.10 Å². The molecule has 1 aliphatic rings. The molecule has 1 N–H and O–H groups in total. The zero-order chi connectivity index (χ0) is 15.5. The second-order valence-corrected chi connectivity index (χ2v) is 5.44. The normalized spacial score (nSPS) is 16.6. The van der Waals surface area contributed by atoms with Gasteiger partial charge in [-0.15, -0.1) is 0 Å². The van der Waals surface area contributed by atoms with Gasteiger partial charge in [0.25, 0.3) is 5.91 Å². The second kappa shape index (κ2) is 6.23. The number of rotatable bonds is 3. The lowest BCUT2D eigenvalue weighted by molar-refractivity contribution is -0.127. The summed E-state index contributed by atoms with van der Waals surface area (Å²) in [4.78, 5) is 18.0. The molecular formula is C16H16ClN3O2. The molecule has 1 atom stereocenters. The van der Waals surface area contributed by atoms with E-state index in [2.05, 4.69) is 15.2 Å². The van der Waals surface area contributed by atoms with Gasteiger partial charge in [0.1, 0.15) is 10.9 Å². The average molecular weight is 318 g/mol. The van der Waals surface area contributed by atoms with E-state index in [1.165, 1.54) is 0 Å². The van der Waals surface area contributed by atoms with Crippen molar-refractivity contribution in [3.8, 4) is 5.75 Å². The Morgan fingerprint density at radius 1 is 1.45 bits per heavy atom. The fourth-order valence-corrected chi connectivity index (χ4v) is 2.71. The Morgan fingerprint density at radius 3 is 3.05 bits per heavy atom. The van der Waals surface area contributed by atoms with Gasteiger partial charge in [0.05, 0.1) is 12.2 Å². The summed E-state index contributed by atoms with van der Waals surface area (Å²) >= 11 is 5.95. The molecule has 5 nitrogen and oxygen atoms in total. The first kappa shape index (κ1) is 14.7. The van der Waals surface area contributed by atoms with Crippen LogP contribution in [0.4, 0.5) is 5.69 Å². The van der Waals surface area contributed by atoms with E-state index >= 15 is 0 Å². The third kappa shape index (κ3) is 2.99. The van der Waals surface area contributed by atoms with E-state index in [4.69, 9.17) is 16.3 Å². The smallest absolute Gasteiger partial charge is 0.262 e. The minimum atomic E-state index is -0.530. The fourth-order valence-electron chi connectivity index (χ4n) is 2.52. The van der Waals surface area contributed by atoms with Crippen LogP contribution in [-0.4, -0.2) is 30.6 Å². The van der Waals surface area contributed by atoms with Crippen molar-refractivity contribution < 1.29 is 9.53 Å². The Bertz CT molecular complexity index is 693. The van der Waals surface area contributed by atoms with Crippen LogP contribution in [0.1, 0.15) is 5.56 Å². The van der Waals surface area contributed by atoms with Gasteiger partial charge >= 0.3 is 0 Å². The first-order valence-corrected chi connectivity index (χ1v) is 7.38. The number of ether oxygens (including phenoxy) is 1. The van der Waals surface area contributed by atoms with E-state index < -0.39 is 6.10 Å². The van der Waals surface area contributed by atoms with Crippen LogP contribution in [0.25, 0.3) is 0 Å². The van der Waals surface area contributed by atoms with Crippen LogP contribution < -0.4 is 15.0 Å². The lowest BCUT2D eigenvalue weighted by Crippen LogP contribution is -2.47. The number of hydrogen-bond donors (Lipinski definition) is 1. The maximum Gasteiger partial charge on any atom is 0.262 e. The highest BCUT2D eigenvalue weighted by Crippen LogP contribution is 2.34. The Morgan fingerprint density at radius 2 is 2.27 bits per heavy atom. The van der Waals surface area contributed by atoms with Crippen molar-refractivity contribution in [1.29, 1.82) is 0 Å². The second-order valence-electron chi connectivity index (χ2n) is 5.06. The van der Waals surface area contributed by atoms with Gasteiger partial charge in [-0.2, -0.15) is 0 Å². The first-order valence-electron chi connectivity index (χ1n) is 7.00. The molecule has 2 aromatic rings. The van der Waals surface area contributed by atoms with E-state index in [0.717, 1.165) is 11.3 Å². The van der Waals surface area contributed by atoms with Crippen LogP contribution >= 0.6 is 11.6 Å². The van der Waals surface area contributed by atoms with Gasteiger partial charge in [-0.05, 0) is 29.8 Å². The summed E-state index contributed by atoms with van der Waals surface area (Å²) in [6, 6.07) is 11.4. The Hall–Kier alpha value is -2.27. The van der Waals surface area contributed by atoms with Gasteiger partial charge in [-0.1, -0.05) is 23.7 Å². The third-order valence-electron chi connectivity index (χ3n) is 3.56. The molecule has 1 aromatic heterocycles. The van der Waals surface area contributed by atoms with Crippen LogP contribution in [0.5, 0.6) is 5.75 Å². The molecule has 1 amide bonds. The number of para-hydroxylation sites is 2. The van der Waals surface area contributed by atoms with E-state index in [-0.39, 0.29) is 5.91 Å². The van der Waals surface area contributed by atoms with Crippen molar-refractivity contribution in [2.24, 2.45) is 0 Å². The standard InChI is InChI=1S/C16H16ClN3O2/c1-18-16(21)14-10-20(9-11-6-7-19-15(17)8-11)12-4-2-3-5-13(12)22-14/h2-8,14H,9-10H2,1H3,(H,18,21)/t14-/m0/s1. The van der Waals surface area contributed by atoms with Gasteiger partial charge in [0, 0.05) is 19.8 Å². The minimum absolute atomic E-state index is 0.132. The predicted molar refractivity (Wildman–Crippen MR) is 85.2 cm³/mol. The van der Waals surface area contributed by atoms with Crippen LogP contribution in [0.15, 0.2) is 42.6 Å². The molecule has 0 saturated carbocycles. The van der Waals surface area contributed by atoms with Gasteiger partial charge in [0.2, 0.25) is 0 Å². The van der Waals surface area contributed by atoms with Crippen molar-refractivity contribution in [3.05, 3.63) is 53.3 Å². The molecule has 1 aromatic carbocycles. The van der Waals surface area contributed by atoms with E-state index in [0.29, 0.717) is 24.0 Å². The van der Waals surface area contributed by atoms with Crippen LogP contribution in [0, 0.1) is 0 Å². The number of carbonyl (C=O) groups excluding carboxylic acids is 1. The van der Waals surface area contributed by atoms with Crippen molar-refractivity contribution >= 4 is 23.2 Å². The van der Waals surface area contributed by atoms with Crippen molar-refractivity contribution in [3.63, 3.8) is 0 Å². The predicted octanol–water partition coefficient (Wildman–Crippen LogP) is 2.25. The van der Waals surface area contributed by atoms with Crippen LogP contribution in [0.2, 0.25) is 5.15 Å². The Labute approximate surface area is 133 Å². The summed E-state index contributed by atoms with van der Waals surface area (Å²) in [5.41, 5.74) is 2.00. The number of aromatic nitrogens is 1. The number of carbonyl (C=O) groups is 1. The molecule has 0 unspecified atom stereocenters. The number of pyridine rings is 1. The highest BCUT2D eigenvalue weighted by atomic mass is 35.5. The van der Waals surface area contributed by atoms with Gasteiger partial charge in [-0.25, -0.2) is 4.98 Å². The van der Waals surface area contributed by atoms with E-state index in [1.807, 2.05) is 36.4 Å². The van der Waals surface area contributed by atoms with Crippen LogP contribution in [-0.2, 0) is 11.3 Å². The molecule has 0 bridgehead atoms. The number of anilines is 1. The monoisotopic (exact) mass is 317 g/mol. The fraction of sp³-hybridized carbons (Fsp3) is 0.250. The molecular weight excluding hydrogens is 302 g/mol. The maximum absolute atomic E-state index is 11.9. The highest BCUT2D eigenvalue weighted by Gasteiger charge is 2.29. The number of halogens is 1. The topological polar surface area (TPSA) is 54.5 Å². The number of fused-ring (bicyclic) bond motifs is 1. The van der Waals surface area contributed by atoms with Crippen molar-refractivity contribution in [2.45, 2.75) is 12.6 Å². The highest BCUT2D eigenvalue weighted by molar-refractivity contribution is 6.29. The van der Waals surface area contributed by atoms with Gasteiger partial charge < -0.3 is 15.0 Å². The maximum atomic E-state index is 11.9.